The summed E-state index contributed by atoms with van der Waals surface area (Å²) in [5.74, 6) is 1.93. The van der Waals surface area contributed by atoms with Crippen LogP contribution in [-0.4, -0.2) is 31.7 Å². The van der Waals surface area contributed by atoms with E-state index in [4.69, 9.17) is 0 Å². The highest BCUT2D eigenvalue weighted by Gasteiger charge is 2.21. The fourth-order valence-electron chi connectivity index (χ4n) is 3.04. The lowest BCUT2D eigenvalue weighted by atomic mass is 9.96. The fourth-order valence-corrected chi connectivity index (χ4v) is 3.54. The Morgan fingerprint density at radius 2 is 2.05 bits per heavy atom. The van der Waals surface area contributed by atoms with Gasteiger partial charge in [0.2, 0.25) is 0 Å². The smallest absolute Gasteiger partial charge is 0.136 e. The van der Waals surface area contributed by atoms with Gasteiger partial charge in [0.25, 0.3) is 0 Å². The van der Waals surface area contributed by atoms with Crippen LogP contribution in [0.25, 0.3) is 10.8 Å². The van der Waals surface area contributed by atoms with E-state index in [1.807, 2.05) is 13.2 Å². The van der Waals surface area contributed by atoms with Crippen molar-refractivity contribution in [2.75, 3.05) is 31.6 Å². The van der Waals surface area contributed by atoms with Crippen LogP contribution in [-0.2, 0) is 0 Å². The van der Waals surface area contributed by atoms with Gasteiger partial charge in [-0.25, -0.2) is 4.98 Å². The van der Waals surface area contributed by atoms with Gasteiger partial charge in [-0.2, -0.15) is 0 Å². The molecule has 106 valence electrons. The zero-order chi connectivity index (χ0) is 13.9. The number of aromatic nitrogens is 1. The Labute approximate surface area is 128 Å². The van der Waals surface area contributed by atoms with Crippen LogP contribution in [0.2, 0.25) is 0 Å². The first-order valence-corrected chi connectivity index (χ1v) is 8.01. The van der Waals surface area contributed by atoms with Crippen molar-refractivity contribution >= 4 is 32.5 Å². The van der Waals surface area contributed by atoms with E-state index in [0.29, 0.717) is 0 Å². The summed E-state index contributed by atoms with van der Waals surface area (Å²) >= 11 is 3.63. The van der Waals surface area contributed by atoms with Crippen molar-refractivity contribution in [1.29, 1.82) is 0 Å². The van der Waals surface area contributed by atoms with E-state index in [1.54, 1.807) is 0 Å². The molecule has 4 heteroatoms. The Balaban J connectivity index is 1.86. The van der Waals surface area contributed by atoms with Gasteiger partial charge in [-0.3, -0.25) is 0 Å². The van der Waals surface area contributed by atoms with Gasteiger partial charge >= 0.3 is 0 Å². The minimum atomic E-state index is 0.804. The van der Waals surface area contributed by atoms with Crippen molar-refractivity contribution in [3.05, 3.63) is 34.9 Å². The number of nitrogens with one attached hydrogen (secondary N) is 1. The van der Waals surface area contributed by atoms with Crippen LogP contribution in [0.1, 0.15) is 12.8 Å². The van der Waals surface area contributed by atoms with Crippen LogP contribution in [0.4, 0.5) is 5.82 Å². The first-order valence-electron chi connectivity index (χ1n) is 7.22. The number of benzene rings is 1. The summed E-state index contributed by atoms with van der Waals surface area (Å²) in [6.45, 7) is 3.33. The standard InChI is InChI=1S/C16H20BrN3/c1-18-11-12-6-9-20(10-7-12)16-14-3-2-4-15(17)13(14)5-8-19-16/h2-5,8,12,18H,6-7,9-11H2,1H3. The lowest BCUT2D eigenvalue weighted by Gasteiger charge is -2.33. The molecule has 1 aromatic carbocycles. The molecule has 0 unspecified atom stereocenters. The molecule has 2 heterocycles. The molecule has 1 aromatic heterocycles. The predicted molar refractivity (Wildman–Crippen MR) is 88.3 cm³/mol. The number of pyridine rings is 1. The lowest BCUT2D eigenvalue weighted by Crippen LogP contribution is -2.37. The molecular formula is C16H20BrN3. The van der Waals surface area contributed by atoms with E-state index >= 15 is 0 Å². The number of fused-ring (bicyclic) bond motifs is 1. The minimum Gasteiger partial charge on any atom is -0.356 e. The van der Waals surface area contributed by atoms with E-state index in [-0.39, 0.29) is 0 Å². The number of hydrogen-bond donors (Lipinski definition) is 1. The van der Waals surface area contributed by atoms with Crippen molar-refractivity contribution in [3.8, 4) is 0 Å². The average Bonchev–Trinajstić information content (AvgIpc) is 2.48. The quantitative estimate of drug-likeness (QED) is 0.932. The number of hydrogen-bond acceptors (Lipinski definition) is 3. The normalized spacial score (nSPS) is 16.8. The second-order valence-corrected chi connectivity index (χ2v) is 6.31. The van der Waals surface area contributed by atoms with Gasteiger partial charge < -0.3 is 10.2 Å². The molecule has 3 rings (SSSR count). The SMILES string of the molecule is CNCC1CCN(c2nccc3c(Br)cccc23)CC1. The number of halogens is 1. The first-order chi connectivity index (χ1) is 9.79. The highest BCUT2D eigenvalue weighted by Crippen LogP contribution is 2.31. The van der Waals surface area contributed by atoms with Crippen molar-refractivity contribution in [3.63, 3.8) is 0 Å². The van der Waals surface area contributed by atoms with Gasteiger partial charge in [0, 0.05) is 34.5 Å². The Bertz CT molecular complexity index is 591. The topological polar surface area (TPSA) is 28.2 Å². The molecule has 0 atom stereocenters. The molecule has 0 bridgehead atoms. The fraction of sp³-hybridized carbons (Fsp3) is 0.438. The zero-order valence-corrected chi connectivity index (χ0v) is 13.4. The van der Waals surface area contributed by atoms with E-state index in [2.05, 4.69) is 55.4 Å². The van der Waals surface area contributed by atoms with E-state index in [0.717, 1.165) is 35.8 Å². The number of anilines is 1. The summed E-state index contributed by atoms with van der Waals surface area (Å²) in [5, 5.41) is 5.78. The summed E-state index contributed by atoms with van der Waals surface area (Å²) in [5.41, 5.74) is 0. The molecule has 1 N–H and O–H groups in total. The Morgan fingerprint density at radius 3 is 2.80 bits per heavy atom. The molecule has 3 nitrogen and oxygen atoms in total. The van der Waals surface area contributed by atoms with Crippen molar-refractivity contribution in [2.24, 2.45) is 5.92 Å². The molecule has 2 aromatic rings. The van der Waals surface area contributed by atoms with Crippen LogP contribution in [0.3, 0.4) is 0 Å². The maximum atomic E-state index is 4.63. The number of nitrogens with zero attached hydrogens (tertiary/aromatic N) is 2. The monoisotopic (exact) mass is 333 g/mol. The molecular weight excluding hydrogens is 314 g/mol. The predicted octanol–water partition coefficient (Wildman–Crippen LogP) is 3.43. The summed E-state index contributed by atoms with van der Waals surface area (Å²) in [6, 6.07) is 8.43. The molecule has 0 radical (unpaired) electrons. The Morgan fingerprint density at radius 1 is 1.25 bits per heavy atom. The Kier molecular flexibility index (Phi) is 4.22. The molecule has 20 heavy (non-hydrogen) atoms. The lowest BCUT2D eigenvalue weighted by molar-refractivity contribution is 0.393. The number of rotatable bonds is 3. The van der Waals surface area contributed by atoms with E-state index < -0.39 is 0 Å². The highest BCUT2D eigenvalue weighted by atomic mass is 79.9. The van der Waals surface area contributed by atoms with Gasteiger partial charge in [-0.05, 0) is 44.5 Å². The van der Waals surface area contributed by atoms with Crippen LogP contribution < -0.4 is 10.2 Å². The largest absolute Gasteiger partial charge is 0.356 e. The van der Waals surface area contributed by atoms with Crippen LogP contribution >= 0.6 is 15.9 Å². The molecule has 0 aliphatic carbocycles. The third-order valence-electron chi connectivity index (χ3n) is 4.14. The molecule has 1 aliphatic rings. The first kappa shape index (κ1) is 13.8. The van der Waals surface area contributed by atoms with Crippen LogP contribution in [0, 0.1) is 5.92 Å². The Hall–Kier alpha value is -1.13. The third kappa shape index (κ3) is 2.67. The number of piperidine rings is 1. The molecule has 1 aliphatic heterocycles. The molecule has 0 saturated carbocycles. The van der Waals surface area contributed by atoms with Gasteiger partial charge in [0.15, 0.2) is 0 Å². The molecule has 0 spiro atoms. The molecule has 1 fully saturated rings. The van der Waals surface area contributed by atoms with Crippen molar-refractivity contribution < 1.29 is 0 Å². The second kappa shape index (κ2) is 6.10. The third-order valence-corrected chi connectivity index (χ3v) is 4.83. The maximum Gasteiger partial charge on any atom is 0.136 e. The maximum absolute atomic E-state index is 4.63. The summed E-state index contributed by atoms with van der Waals surface area (Å²) in [7, 11) is 2.04. The second-order valence-electron chi connectivity index (χ2n) is 5.46. The van der Waals surface area contributed by atoms with Crippen molar-refractivity contribution in [2.45, 2.75) is 12.8 Å². The van der Waals surface area contributed by atoms with Crippen molar-refractivity contribution in [1.82, 2.24) is 10.3 Å². The van der Waals surface area contributed by atoms with E-state index in [1.165, 1.54) is 23.6 Å². The minimum absolute atomic E-state index is 0.804. The van der Waals surface area contributed by atoms with Crippen LogP contribution in [0.5, 0.6) is 0 Å². The van der Waals surface area contributed by atoms with Gasteiger partial charge in [-0.1, -0.05) is 28.1 Å². The van der Waals surface area contributed by atoms with Gasteiger partial charge in [0.1, 0.15) is 5.82 Å². The van der Waals surface area contributed by atoms with E-state index in [9.17, 15) is 0 Å². The van der Waals surface area contributed by atoms with Gasteiger partial charge in [0.05, 0.1) is 0 Å². The highest BCUT2D eigenvalue weighted by molar-refractivity contribution is 9.10. The average molecular weight is 334 g/mol. The molecule has 1 saturated heterocycles. The zero-order valence-electron chi connectivity index (χ0n) is 11.8. The van der Waals surface area contributed by atoms with Crippen LogP contribution in [0.15, 0.2) is 34.9 Å². The molecule has 0 amide bonds. The summed E-state index contributed by atoms with van der Waals surface area (Å²) < 4.78 is 1.14. The summed E-state index contributed by atoms with van der Waals surface area (Å²) in [4.78, 5) is 7.06. The van der Waals surface area contributed by atoms with Gasteiger partial charge in [-0.15, -0.1) is 0 Å². The summed E-state index contributed by atoms with van der Waals surface area (Å²) in [6.07, 6.45) is 4.40.